The Morgan fingerprint density at radius 2 is 0.792 bits per heavy atom. The second kappa shape index (κ2) is 41.9. The summed E-state index contributed by atoms with van der Waals surface area (Å²) in [6.45, 7) is 6.37. The third kappa shape index (κ3) is 40.1. The number of rotatable bonds is 38. The van der Waals surface area contributed by atoms with E-state index in [0.29, 0.717) is 19.3 Å². The molecule has 304 valence electrons. The van der Waals surface area contributed by atoms with Crippen molar-refractivity contribution in [3.05, 3.63) is 60.8 Å². The average Bonchev–Trinajstić information content (AvgIpc) is 3.15. The minimum Gasteiger partial charge on any atom is -0.462 e. The van der Waals surface area contributed by atoms with E-state index in [1.807, 2.05) is 0 Å². The lowest BCUT2D eigenvalue weighted by molar-refractivity contribution is -0.167. The quantitative estimate of drug-likeness (QED) is 0.0206. The molecule has 0 saturated heterocycles. The van der Waals surface area contributed by atoms with Crippen LogP contribution in [0.3, 0.4) is 0 Å². The van der Waals surface area contributed by atoms with Crippen molar-refractivity contribution in [2.75, 3.05) is 13.2 Å². The van der Waals surface area contributed by atoms with E-state index in [2.05, 4.69) is 81.5 Å². The van der Waals surface area contributed by atoms with Gasteiger partial charge in [0, 0.05) is 19.3 Å². The van der Waals surface area contributed by atoms with E-state index < -0.39 is 6.10 Å². The summed E-state index contributed by atoms with van der Waals surface area (Å²) in [4.78, 5) is 37.6. The van der Waals surface area contributed by atoms with Crippen molar-refractivity contribution < 1.29 is 28.6 Å². The molecular formula is C47H80O6. The molecule has 0 rings (SSSR count). The fourth-order valence-corrected chi connectivity index (χ4v) is 5.67. The second-order valence-corrected chi connectivity index (χ2v) is 14.2. The monoisotopic (exact) mass is 741 g/mol. The van der Waals surface area contributed by atoms with Gasteiger partial charge in [0.1, 0.15) is 13.2 Å². The molecule has 0 aromatic heterocycles. The molecule has 1 atom stereocenters. The van der Waals surface area contributed by atoms with Crippen molar-refractivity contribution >= 4 is 17.9 Å². The van der Waals surface area contributed by atoms with Crippen molar-refractivity contribution in [1.29, 1.82) is 0 Å². The molecule has 53 heavy (non-hydrogen) atoms. The van der Waals surface area contributed by atoms with Crippen LogP contribution in [0.4, 0.5) is 0 Å². The molecule has 0 spiro atoms. The van der Waals surface area contributed by atoms with E-state index in [9.17, 15) is 14.4 Å². The minimum atomic E-state index is -0.792. The van der Waals surface area contributed by atoms with Crippen LogP contribution in [-0.4, -0.2) is 37.2 Å². The van der Waals surface area contributed by atoms with Crippen LogP contribution in [0, 0.1) is 0 Å². The maximum absolute atomic E-state index is 12.7. The summed E-state index contributed by atoms with van der Waals surface area (Å²) in [7, 11) is 0. The largest absolute Gasteiger partial charge is 0.462 e. The van der Waals surface area contributed by atoms with Gasteiger partial charge in [-0.3, -0.25) is 14.4 Å². The van der Waals surface area contributed by atoms with Gasteiger partial charge in [0.25, 0.3) is 0 Å². The summed E-state index contributed by atoms with van der Waals surface area (Å²) in [6.07, 6.45) is 49.2. The first kappa shape index (κ1) is 50.1. The van der Waals surface area contributed by atoms with Crippen LogP contribution in [0.25, 0.3) is 0 Å². The lowest BCUT2D eigenvalue weighted by Crippen LogP contribution is -2.30. The molecule has 0 fully saturated rings. The summed E-state index contributed by atoms with van der Waals surface area (Å²) in [6, 6.07) is 0. The highest BCUT2D eigenvalue weighted by Gasteiger charge is 2.19. The standard InChI is InChI=1S/C47H80O6/c1-4-7-10-13-16-19-22-23-24-26-28-31-34-37-40-46(49)52-43-44(42-51-45(48)39-36-33-30-27-21-18-15-12-9-6-3)53-47(50)41-38-35-32-29-25-20-17-14-11-8-5-2/h7,10,14-20,25,44H,4-6,8-9,11-13,21-24,26-43H2,1-3H3/b10-7-,17-14-,18-15-,19-16-,25-20-. The third-order valence-electron chi connectivity index (χ3n) is 9.00. The fourth-order valence-electron chi connectivity index (χ4n) is 5.67. The number of esters is 3. The van der Waals surface area contributed by atoms with Crippen LogP contribution in [0.2, 0.25) is 0 Å². The summed E-state index contributed by atoms with van der Waals surface area (Å²) in [5, 5.41) is 0. The first-order valence-corrected chi connectivity index (χ1v) is 21.8. The van der Waals surface area contributed by atoms with Crippen LogP contribution in [0.5, 0.6) is 0 Å². The molecule has 0 bridgehead atoms. The molecule has 0 radical (unpaired) electrons. The van der Waals surface area contributed by atoms with Crippen LogP contribution in [0.15, 0.2) is 60.8 Å². The molecule has 0 aromatic carbocycles. The molecule has 6 heteroatoms. The van der Waals surface area contributed by atoms with Crippen LogP contribution in [0.1, 0.15) is 201 Å². The zero-order valence-corrected chi connectivity index (χ0v) is 34.5. The Morgan fingerprint density at radius 1 is 0.415 bits per heavy atom. The van der Waals surface area contributed by atoms with E-state index in [0.717, 1.165) is 109 Å². The molecule has 0 saturated carbocycles. The maximum atomic E-state index is 12.7. The van der Waals surface area contributed by atoms with Gasteiger partial charge in [-0.25, -0.2) is 0 Å². The zero-order valence-electron chi connectivity index (χ0n) is 34.5. The van der Waals surface area contributed by atoms with E-state index in [1.165, 1.54) is 51.4 Å². The van der Waals surface area contributed by atoms with Gasteiger partial charge >= 0.3 is 17.9 Å². The molecule has 0 aliphatic carbocycles. The van der Waals surface area contributed by atoms with Gasteiger partial charge in [-0.15, -0.1) is 0 Å². The van der Waals surface area contributed by atoms with Gasteiger partial charge in [0.2, 0.25) is 0 Å². The number of allylic oxidation sites excluding steroid dienone is 10. The Morgan fingerprint density at radius 3 is 1.30 bits per heavy atom. The van der Waals surface area contributed by atoms with Crippen molar-refractivity contribution in [3.63, 3.8) is 0 Å². The highest BCUT2D eigenvalue weighted by molar-refractivity contribution is 5.71. The summed E-state index contributed by atoms with van der Waals surface area (Å²) < 4.78 is 16.6. The predicted octanol–water partition coefficient (Wildman–Crippen LogP) is 13.7. The van der Waals surface area contributed by atoms with Gasteiger partial charge in [-0.1, -0.05) is 159 Å². The molecule has 0 aromatic rings. The highest BCUT2D eigenvalue weighted by atomic mass is 16.6. The Hall–Kier alpha value is -2.89. The average molecular weight is 741 g/mol. The van der Waals surface area contributed by atoms with Gasteiger partial charge in [-0.05, 0) is 83.5 Å². The van der Waals surface area contributed by atoms with Gasteiger partial charge in [-0.2, -0.15) is 0 Å². The van der Waals surface area contributed by atoms with E-state index in [4.69, 9.17) is 14.2 Å². The zero-order chi connectivity index (χ0) is 38.7. The molecular weight excluding hydrogens is 661 g/mol. The van der Waals surface area contributed by atoms with Crippen molar-refractivity contribution in [2.24, 2.45) is 0 Å². The molecule has 1 unspecified atom stereocenters. The second-order valence-electron chi connectivity index (χ2n) is 14.2. The first-order valence-electron chi connectivity index (χ1n) is 21.8. The lowest BCUT2D eigenvalue weighted by atomic mass is 10.1. The Kier molecular flexibility index (Phi) is 39.6. The van der Waals surface area contributed by atoms with Crippen LogP contribution in [-0.2, 0) is 28.6 Å². The normalized spacial score (nSPS) is 12.6. The van der Waals surface area contributed by atoms with Crippen LogP contribution < -0.4 is 0 Å². The number of carbonyl (C=O) groups excluding carboxylic acids is 3. The molecule has 0 aliphatic rings. The number of hydrogen-bond donors (Lipinski definition) is 0. The summed E-state index contributed by atoms with van der Waals surface area (Å²) in [5.41, 5.74) is 0. The maximum Gasteiger partial charge on any atom is 0.306 e. The lowest BCUT2D eigenvalue weighted by Gasteiger charge is -2.18. The van der Waals surface area contributed by atoms with Crippen molar-refractivity contribution in [3.8, 4) is 0 Å². The molecule has 0 N–H and O–H groups in total. The number of carbonyl (C=O) groups is 3. The van der Waals surface area contributed by atoms with Gasteiger partial charge in [0.15, 0.2) is 6.10 Å². The first-order chi connectivity index (χ1) is 26.0. The Labute approximate surface area is 326 Å². The van der Waals surface area contributed by atoms with E-state index in [1.54, 1.807) is 0 Å². The predicted molar refractivity (Wildman–Crippen MR) is 224 cm³/mol. The van der Waals surface area contributed by atoms with Gasteiger partial charge < -0.3 is 14.2 Å². The fraction of sp³-hybridized carbons (Fsp3) is 0.723. The van der Waals surface area contributed by atoms with Crippen molar-refractivity contribution in [2.45, 2.75) is 207 Å². The smallest absolute Gasteiger partial charge is 0.306 e. The molecule has 0 heterocycles. The van der Waals surface area contributed by atoms with E-state index >= 15 is 0 Å². The highest BCUT2D eigenvalue weighted by Crippen LogP contribution is 2.13. The Balaban J connectivity index is 4.43. The molecule has 0 amide bonds. The summed E-state index contributed by atoms with van der Waals surface area (Å²) >= 11 is 0. The number of hydrogen-bond acceptors (Lipinski definition) is 6. The minimum absolute atomic E-state index is 0.0937. The van der Waals surface area contributed by atoms with E-state index in [-0.39, 0.29) is 31.1 Å². The van der Waals surface area contributed by atoms with Gasteiger partial charge in [0.05, 0.1) is 0 Å². The third-order valence-corrected chi connectivity index (χ3v) is 9.00. The number of ether oxygens (including phenoxy) is 3. The summed E-state index contributed by atoms with van der Waals surface area (Å²) in [5.74, 6) is -0.951. The molecule has 6 nitrogen and oxygen atoms in total. The van der Waals surface area contributed by atoms with Crippen LogP contribution >= 0.6 is 0 Å². The SMILES string of the molecule is CC/C=C\C/C=C\CCCCCCCCCC(=O)OCC(COC(=O)CCCCCC/C=C\CCCC)OC(=O)CCCCC/C=C\C=C/CCCC. The van der Waals surface area contributed by atoms with Crippen molar-refractivity contribution in [1.82, 2.24) is 0 Å². The Bertz CT molecular complexity index is 991. The topological polar surface area (TPSA) is 78.9 Å². The molecule has 0 aliphatic heterocycles. The number of unbranched alkanes of at least 4 members (excludes halogenated alkanes) is 18.